The Hall–Kier alpha value is -6.06. The number of rotatable bonds is 5. The fourth-order valence-electron chi connectivity index (χ4n) is 8.64. The van der Waals surface area contributed by atoms with E-state index in [0.717, 1.165) is 66.7 Å². The summed E-state index contributed by atoms with van der Waals surface area (Å²) >= 11 is 0. The van der Waals surface area contributed by atoms with Gasteiger partial charge in [0.05, 0.1) is 5.69 Å². The Morgan fingerprint density at radius 2 is 0.943 bits per heavy atom. The van der Waals surface area contributed by atoms with Gasteiger partial charge in [-0.05, 0) is 106 Å². The van der Waals surface area contributed by atoms with Crippen molar-refractivity contribution in [2.75, 3.05) is 4.90 Å². The minimum absolute atomic E-state index is 0.106. The summed E-state index contributed by atoms with van der Waals surface area (Å²) in [5.41, 5.74) is 14.4. The lowest BCUT2D eigenvalue weighted by Gasteiger charge is -2.41. The topological polar surface area (TPSA) is 29.5 Å². The first-order chi connectivity index (χ1) is 25.7. The second kappa shape index (κ2) is 11.7. The first kappa shape index (κ1) is 31.7. The minimum atomic E-state index is 0.106. The summed E-state index contributed by atoms with van der Waals surface area (Å²) in [6, 6.07) is 54.4. The molecule has 2 heterocycles. The zero-order valence-electron chi connectivity index (χ0n) is 30.6. The van der Waals surface area contributed by atoms with Crippen LogP contribution in [0.5, 0.6) is 0 Å². The Balaban J connectivity index is 1.21. The molecular weight excluding hydrogens is 647 g/mol. The number of benzene rings is 7. The fraction of sp³-hybridized carbons (Fsp3) is 0.160. The van der Waals surface area contributed by atoms with E-state index in [1.807, 2.05) is 12.1 Å². The van der Waals surface area contributed by atoms with Crippen molar-refractivity contribution in [2.24, 2.45) is 0 Å². The summed E-state index contributed by atoms with van der Waals surface area (Å²) in [5.74, 6) is 0. The van der Waals surface area contributed by atoms with E-state index in [-0.39, 0.29) is 10.8 Å². The maximum Gasteiger partial charge on any atom is 0.137 e. The summed E-state index contributed by atoms with van der Waals surface area (Å²) < 4.78 is 13.3. The molecule has 1 aliphatic rings. The van der Waals surface area contributed by atoms with Crippen LogP contribution in [0.3, 0.4) is 0 Å². The van der Waals surface area contributed by atoms with Crippen molar-refractivity contribution in [3.8, 4) is 22.3 Å². The van der Waals surface area contributed by atoms with E-state index in [1.54, 1.807) is 0 Å². The smallest absolute Gasteiger partial charge is 0.137 e. The van der Waals surface area contributed by atoms with Crippen LogP contribution in [0, 0.1) is 0 Å². The van der Waals surface area contributed by atoms with Crippen molar-refractivity contribution in [3.63, 3.8) is 0 Å². The zero-order chi connectivity index (χ0) is 35.9. The molecule has 1 aliphatic carbocycles. The molecule has 0 bridgehead atoms. The molecule has 2 aromatic heterocycles. The van der Waals surface area contributed by atoms with E-state index in [9.17, 15) is 0 Å². The van der Waals surface area contributed by atoms with Gasteiger partial charge in [-0.3, -0.25) is 0 Å². The number of nitrogens with zero attached hydrogens (tertiary/aromatic N) is 1. The van der Waals surface area contributed by atoms with Crippen LogP contribution in [0.25, 0.3) is 66.1 Å². The SMILES string of the molecule is CC1(C)CCC(C)(C)c2cc3c(cc21)oc1cc(N(c2ccc4c(c2)oc2ccccc24)c2ccc(-c4ccccc4)cc2-c2ccccc2)ccc13. The molecule has 0 N–H and O–H groups in total. The molecule has 0 atom stereocenters. The molecule has 9 aromatic rings. The van der Waals surface area contributed by atoms with Crippen molar-refractivity contribution >= 4 is 60.9 Å². The molecular formula is C50H41NO2. The van der Waals surface area contributed by atoms with Crippen LogP contribution in [-0.4, -0.2) is 0 Å². The first-order valence-electron chi connectivity index (χ1n) is 18.7. The summed E-state index contributed by atoms with van der Waals surface area (Å²) in [6.45, 7) is 9.52. The predicted molar refractivity (Wildman–Crippen MR) is 222 cm³/mol. The van der Waals surface area contributed by atoms with Gasteiger partial charge < -0.3 is 13.7 Å². The highest BCUT2D eigenvalue weighted by molar-refractivity contribution is 6.08. The van der Waals surface area contributed by atoms with Crippen LogP contribution in [0.15, 0.2) is 160 Å². The second-order valence-electron chi connectivity index (χ2n) is 16.0. The maximum atomic E-state index is 6.80. The fourth-order valence-corrected chi connectivity index (χ4v) is 8.64. The van der Waals surface area contributed by atoms with E-state index >= 15 is 0 Å². The van der Waals surface area contributed by atoms with Crippen LogP contribution >= 0.6 is 0 Å². The predicted octanol–water partition coefficient (Wildman–Crippen LogP) is 14.6. The molecule has 3 nitrogen and oxygen atoms in total. The summed E-state index contributed by atoms with van der Waals surface area (Å²) in [4.78, 5) is 2.35. The molecule has 0 spiro atoms. The molecule has 0 saturated heterocycles. The van der Waals surface area contributed by atoms with Gasteiger partial charge in [0.1, 0.15) is 22.3 Å². The monoisotopic (exact) mass is 687 g/mol. The van der Waals surface area contributed by atoms with Crippen molar-refractivity contribution in [1.29, 1.82) is 0 Å². The minimum Gasteiger partial charge on any atom is -0.456 e. The Bertz CT molecular complexity index is 2840. The number of hydrogen-bond donors (Lipinski definition) is 0. The van der Waals surface area contributed by atoms with Crippen molar-refractivity contribution in [1.82, 2.24) is 0 Å². The standard InChI is InChI=1S/C50H41NO2/c1-49(2)25-26-50(3,4)43-31-48-41(30-42(43)49)39-23-21-36(29-47(39)53-48)51(35-20-22-38-37-17-11-12-18-45(37)52-46(38)28-35)44-24-19-34(32-13-7-5-8-14-32)27-40(44)33-15-9-6-10-16-33/h5-24,27-31H,25-26H2,1-4H3. The number of furan rings is 2. The molecule has 0 radical (unpaired) electrons. The van der Waals surface area contributed by atoms with Gasteiger partial charge in [-0.1, -0.05) is 113 Å². The van der Waals surface area contributed by atoms with E-state index in [0.29, 0.717) is 0 Å². The van der Waals surface area contributed by atoms with Gasteiger partial charge in [-0.2, -0.15) is 0 Å². The molecule has 0 aliphatic heterocycles. The number of anilines is 3. The lowest BCUT2D eigenvalue weighted by Crippen LogP contribution is -2.33. The third-order valence-corrected chi connectivity index (χ3v) is 11.7. The highest BCUT2D eigenvalue weighted by Crippen LogP contribution is 2.49. The molecule has 3 heteroatoms. The second-order valence-corrected chi connectivity index (χ2v) is 16.0. The van der Waals surface area contributed by atoms with Crippen molar-refractivity contribution < 1.29 is 8.83 Å². The van der Waals surface area contributed by atoms with Gasteiger partial charge in [0.15, 0.2) is 0 Å². The van der Waals surface area contributed by atoms with E-state index in [2.05, 4.69) is 172 Å². The highest BCUT2D eigenvalue weighted by Gasteiger charge is 2.37. The summed E-state index contributed by atoms with van der Waals surface area (Å²) in [5, 5.41) is 4.55. The van der Waals surface area contributed by atoms with Gasteiger partial charge in [-0.15, -0.1) is 0 Å². The van der Waals surface area contributed by atoms with Gasteiger partial charge in [0, 0.05) is 50.6 Å². The average Bonchev–Trinajstić information content (AvgIpc) is 3.74. The molecule has 10 rings (SSSR count). The number of hydrogen-bond acceptors (Lipinski definition) is 3. The van der Waals surface area contributed by atoms with Gasteiger partial charge in [0.25, 0.3) is 0 Å². The highest BCUT2D eigenvalue weighted by atomic mass is 16.3. The molecule has 258 valence electrons. The largest absolute Gasteiger partial charge is 0.456 e. The van der Waals surface area contributed by atoms with Crippen LogP contribution in [0.1, 0.15) is 51.7 Å². The van der Waals surface area contributed by atoms with Gasteiger partial charge in [0.2, 0.25) is 0 Å². The number of fused-ring (bicyclic) bond motifs is 7. The van der Waals surface area contributed by atoms with E-state index < -0.39 is 0 Å². The van der Waals surface area contributed by atoms with Gasteiger partial charge in [-0.25, -0.2) is 0 Å². The van der Waals surface area contributed by atoms with Crippen LogP contribution in [-0.2, 0) is 10.8 Å². The summed E-state index contributed by atoms with van der Waals surface area (Å²) in [6.07, 6.45) is 2.34. The maximum absolute atomic E-state index is 6.80. The molecule has 0 unspecified atom stereocenters. The zero-order valence-corrected chi connectivity index (χ0v) is 30.6. The molecule has 0 fully saturated rings. The molecule has 7 aromatic carbocycles. The molecule has 0 saturated carbocycles. The molecule has 53 heavy (non-hydrogen) atoms. The Kier molecular flexibility index (Phi) is 7.01. The lowest BCUT2D eigenvalue weighted by atomic mass is 9.63. The lowest BCUT2D eigenvalue weighted by molar-refractivity contribution is 0.332. The van der Waals surface area contributed by atoms with E-state index in [4.69, 9.17) is 8.83 Å². The van der Waals surface area contributed by atoms with Crippen LogP contribution in [0.2, 0.25) is 0 Å². The Morgan fingerprint density at radius 3 is 1.62 bits per heavy atom. The van der Waals surface area contributed by atoms with Crippen molar-refractivity contribution in [2.45, 2.75) is 51.4 Å². The summed E-state index contributed by atoms with van der Waals surface area (Å²) in [7, 11) is 0. The third-order valence-electron chi connectivity index (χ3n) is 11.7. The number of para-hydroxylation sites is 1. The normalized spacial score (nSPS) is 14.9. The van der Waals surface area contributed by atoms with Crippen LogP contribution < -0.4 is 4.90 Å². The average molecular weight is 688 g/mol. The van der Waals surface area contributed by atoms with Crippen molar-refractivity contribution in [3.05, 3.63) is 163 Å². The third kappa shape index (κ3) is 5.17. The van der Waals surface area contributed by atoms with E-state index in [1.165, 1.54) is 40.5 Å². The Morgan fingerprint density at radius 1 is 0.415 bits per heavy atom. The first-order valence-corrected chi connectivity index (χ1v) is 18.7. The quantitative estimate of drug-likeness (QED) is 0.180. The Labute approximate surface area is 310 Å². The van der Waals surface area contributed by atoms with Crippen LogP contribution in [0.4, 0.5) is 17.1 Å². The molecule has 0 amide bonds. The van der Waals surface area contributed by atoms with Gasteiger partial charge >= 0.3 is 0 Å².